The first-order valence-corrected chi connectivity index (χ1v) is 6.87. The van der Waals surface area contributed by atoms with E-state index >= 15 is 0 Å². The normalized spacial score (nSPS) is 11.6. The van der Waals surface area contributed by atoms with Crippen LogP contribution in [0.5, 0.6) is 0 Å². The number of ketones is 1. The minimum Gasteiger partial charge on any atom is -0.465 e. The zero-order chi connectivity index (χ0) is 16.0. The average Bonchev–Trinajstić information content (AvgIpc) is 2.43. The molecule has 0 aromatic carbocycles. The monoisotopic (exact) mass is 287 g/mol. The number of ether oxygens (including phenoxy) is 1. The summed E-state index contributed by atoms with van der Waals surface area (Å²) in [6.45, 7) is 13.0. The molecule has 1 heterocycles. The van der Waals surface area contributed by atoms with Gasteiger partial charge in [-0.25, -0.2) is 4.98 Å². The summed E-state index contributed by atoms with van der Waals surface area (Å²) in [4.78, 5) is 28.9. The molecule has 0 amide bonds. The molecule has 4 nitrogen and oxygen atoms in total. The van der Waals surface area contributed by atoms with E-state index in [0.29, 0.717) is 11.3 Å². The Morgan fingerprint density at radius 2 is 2.10 bits per heavy atom. The van der Waals surface area contributed by atoms with Crippen LogP contribution in [0.1, 0.15) is 42.0 Å². The van der Waals surface area contributed by atoms with Gasteiger partial charge in [0.2, 0.25) is 0 Å². The molecular weight excluding hydrogens is 266 g/mol. The van der Waals surface area contributed by atoms with Crippen LogP contribution in [-0.2, 0) is 9.53 Å². The lowest BCUT2D eigenvalue weighted by molar-refractivity contribution is -0.146. The zero-order valence-electron chi connectivity index (χ0n) is 12.8. The highest BCUT2D eigenvalue weighted by molar-refractivity contribution is 6.09. The number of allylic oxidation sites excluding steroid dienone is 2. The van der Waals surface area contributed by atoms with E-state index in [4.69, 9.17) is 4.74 Å². The lowest BCUT2D eigenvalue weighted by atomic mass is 9.93. The van der Waals surface area contributed by atoms with Crippen molar-refractivity contribution >= 4 is 17.3 Å². The van der Waals surface area contributed by atoms with E-state index in [-0.39, 0.29) is 24.5 Å². The van der Waals surface area contributed by atoms with Crippen LogP contribution in [-0.4, -0.2) is 23.3 Å². The maximum absolute atomic E-state index is 12.7. The number of pyridine rings is 1. The van der Waals surface area contributed by atoms with Crippen molar-refractivity contribution in [3.05, 3.63) is 48.3 Å². The first-order chi connectivity index (χ1) is 9.92. The molecule has 0 N–H and O–H groups in total. The smallest absolute Gasteiger partial charge is 0.317 e. The number of rotatable bonds is 7. The summed E-state index contributed by atoms with van der Waals surface area (Å²) in [5.74, 6) is -1.80. The third kappa shape index (κ3) is 4.12. The van der Waals surface area contributed by atoms with Crippen LogP contribution in [0.25, 0.3) is 5.57 Å². The van der Waals surface area contributed by atoms with Gasteiger partial charge in [0, 0.05) is 11.3 Å². The minimum atomic E-state index is -0.908. The summed E-state index contributed by atoms with van der Waals surface area (Å²) in [5, 5.41) is 0. The van der Waals surface area contributed by atoms with E-state index < -0.39 is 11.9 Å². The Morgan fingerprint density at radius 3 is 2.62 bits per heavy atom. The number of carbonyl (C=O) groups is 2. The van der Waals surface area contributed by atoms with Crippen LogP contribution in [0.4, 0.5) is 0 Å². The molecule has 21 heavy (non-hydrogen) atoms. The summed E-state index contributed by atoms with van der Waals surface area (Å²) < 4.78 is 4.97. The average molecular weight is 287 g/mol. The number of esters is 1. The van der Waals surface area contributed by atoms with Gasteiger partial charge in [-0.15, -0.1) is 6.58 Å². The van der Waals surface area contributed by atoms with Gasteiger partial charge in [-0.05, 0) is 38.8 Å². The van der Waals surface area contributed by atoms with Crippen LogP contribution in [0, 0.1) is 12.8 Å². The number of carbonyl (C=O) groups excluding carboxylic acids is 2. The number of Topliss-reactive ketones (excluding diaryl/α,β-unsaturated/α-hetero) is 1. The highest BCUT2D eigenvalue weighted by Gasteiger charge is 2.30. The lowest BCUT2D eigenvalue weighted by Gasteiger charge is -2.15. The van der Waals surface area contributed by atoms with Crippen LogP contribution in [0.2, 0.25) is 0 Å². The Kier molecular flexibility index (Phi) is 6.03. The van der Waals surface area contributed by atoms with E-state index in [1.165, 1.54) is 6.08 Å². The lowest BCUT2D eigenvalue weighted by Crippen LogP contribution is -2.27. The summed E-state index contributed by atoms with van der Waals surface area (Å²) in [6.07, 6.45) is 1.76. The number of aromatic nitrogens is 1. The topological polar surface area (TPSA) is 56.3 Å². The summed E-state index contributed by atoms with van der Waals surface area (Å²) in [7, 11) is 0. The number of aryl methyl sites for hydroxylation is 1. The van der Waals surface area contributed by atoms with Crippen molar-refractivity contribution in [3.8, 4) is 0 Å². The second-order valence-corrected chi connectivity index (χ2v) is 4.82. The Morgan fingerprint density at radius 1 is 1.43 bits per heavy atom. The highest BCUT2D eigenvalue weighted by Crippen LogP contribution is 2.22. The summed E-state index contributed by atoms with van der Waals surface area (Å²) in [6, 6.07) is 3.61. The molecule has 0 aliphatic rings. The molecule has 1 aromatic heterocycles. The SMILES string of the molecule is C=CCC(C(=O)OCC)C(=O)c1nc(C)ccc1C(=C)C. The second-order valence-electron chi connectivity index (χ2n) is 4.82. The van der Waals surface area contributed by atoms with Gasteiger partial charge in [0.25, 0.3) is 0 Å². The quantitative estimate of drug-likeness (QED) is 0.334. The van der Waals surface area contributed by atoms with Crippen molar-refractivity contribution in [2.75, 3.05) is 6.61 Å². The molecule has 0 spiro atoms. The van der Waals surface area contributed by atoms with E-state index in [1.54, 1.807) is 26.8 Å². The number of hydrogen-bond acceptors (Lipinski definition) is 4. The molecule has 112 valence electrons. The van der Waals surface area contributed by atoms with Crippen molar-refractivity contribution in [1.82, 2.24) is 4.98 Å². The molecule has 0 radical (unpaired) electrons. The van der Waals surface area contributed by atoms with Gasteiger partial charge >= 0.3 is 5.97 Å². The summed E-state index contributed by atoms with van der Waals surface area (Å²) >= 11 is 0. The molecule has 0 saturated carbocycles. The zero-order valence-corrected chi connectivity index (χ0v) is 12.8. The molecule has 4 heteroatoms. The molecular formula is C17H21NO3. The van der Waals surface area contributed by atoms with Gasteiger partial charge in [0.1, 0.15) is 11.6 Å². The third-order valence-electron chi connectivity index (χ3n) is 3.02. The van der Waals surface area contributed by atoms with E-state index in [1.807, 2.05) is 6.07 Å². The van der Waals surface area contributed by atoms with Gasteiger partial charge in [0.15, 0.2) is 5.78 Å². The molecule has 0 fully saturated rings. The first-order valence-electron chi connectivity index (χ1n) is 6.87. The maximum atomic E-state index is 12.7. The van der Waals surface area contributed by atoms with Gasteiger partial charge in [-0.3, -0.25) is 9.59 Å². The number of hydrogen-bond donors (Lipinski definition) is 0. The van der Waals surface area contributed by atoms with Crippen LogP contribution in [0.15, 0.2) is 31.4 Å². The van der Waals surface area contributed by atoms with E-state index in [0.717, 1.165) is 5.57 Å². The predicted molar refractivity (Wildman–Crippen MR) is 82.9 cm³/mol. The highest BCUT2D eigenvalue weighted by atomic mass is 16.5. The van der Waals surface area contributed by atoms with Gasteiger partial charge in [0.05, 0.1) is 6.61 Å². The fourth-order valence-corrected chi connectivity index (χ4v) is 1.97. The third-order valence-corrected chi connectivity index (χ3v) is 3.02. The van der Waals surface area contributed by atoms with E-state index in [2.05, 4.69) is 18.1 Å². The van der Waals surface area contributed by atoms with Crippen LogP contribution < -0.4 is 0 Å². The van der Waals surface area contributed by atoms with Gasteiger partial charge < -0.3 is 4.74 Å². The second kappa shape index (κ2) is 7.53. The molecule has 0 aliphatic heterocycles. The Labute approximate surface area is 125 Å². The minimum absolute atomic E-state index is 0.225. The van der Waals surface area contributed by atoms with Crippen molar-refractivity contribution in [1.29, 1.82) is 0 Å². The number of nitrogens with zero attached hydrogens (tertiary/aromatic N) is 1. The first kappa shape index (κ1) is 16.8. The molecule has 0 saturated heterocycles. The summed E-state index contributed by atoms with van der Waals surface area (Å²) in [5.41, 5.74) is 2.36. The fraction of sp³-hybridized carbons (Fsp3) is 0.353. The van der Waals surface area contributed by atoms with Crippen molar-refractivity contribution in [2.24, 2.45) is 5.92 Å². The maximum Gasteiger partial charge on any atom is 0.317 e. The molecule has 1 atom stereocenters. The molecule has 1 unspecified atom stereocenters. The van der Waals surface area contributed by atoms with Crippen LogP contribution >= 0.6 is 0 Å². The van der Waals surface area contributed by atoms with Gasteiger partial charge in [-0.1, -0.05) is 18.7 Å². The van der Waals surface area contributed by atoms with Crippen LogP contribution in [0.3, 0.4) is 0 Å². The molecule has 1 aromatic rings. The Bertz CT molecular complexity index is 575. The molecule has 0 aliphatic carbocycles. The van der Waals surface area contributed by atoms with Crippen molar-refractivity contribution in [3.63, 3.8) is 0 Å². The van der Waals surface area contributed by atoms with Crippen molar-refractivity contribution < 1.29 is 14.3 Å². The largest absolute Gasteiger partial charge is 0.465 e. The van der Waals surface area contributed by atoms with Crippen molar-refractivity contribution in [2.45, 2.75) is 27.2 Å². The van der Waals surface area contributed by atoms with E-state index in [9.17, 15) is 9.59 Å². The molecule has 1 rings (SSSR count). The Hall–Kier alpha value is -2.23. The fourth-order valence-electron chi connectivity index (χ4n) is 1.97. The molecule has 0 bridgehead atoms. The predicted octanol–water partition coefficient (Wildman–Crippen LogP) is 3.36. The Balaban J connectivity index is 3.25. The van der Waals surface area contributed by atoms with Gasteiger partial charge in [-0.2, -0.15) is 0 Å². The standard InChI is InChI=1S/C17H21NO3/c1-6-8-14(17(20)21-7-2)16(19)15-13(11(3)4)10-9-12(5)18-15/h6,9-10,14H,1,3,7-8H2,2,4-5H3.